The maximum Gasteiger partial charge on any atom is 0.338 e. The van der Waals surface area contributed by atoms with Crippen LogP contribution in [-0.2, 0) is 0 Å². The van der Waals surface area contributed by atoms with Gasteiger partial charge >= 0.3 is 5.97 Å². The van der Waals surface area contributed by atoms with Gasteiger partial charge in [-0.25, -0.2) is 9.18 Å². The highest BCUT2D eigenvalue weighted by Crippen LogP contribution is 2.20. The van der Waals surface area contributed by atoms with Gasteiger partial charge in [0.05, 0.1) is 11.7 Å². The Bertz CT molecular complexity index is 404. The Morgan fingerprint density at radius 2 is 2.17 bits per heavy atom. The van der Waals surface area contributed by atoms with E-state index in [2.05, 4.69) is 6.92 Å². The van der Waals surface area contributed by atoms with Crippen molar-refractivity contribution in [2.24, 2.45) is 0 Å². The molecule has 1 rings (SSSR count). The molecule has 0 aromatic heterocycles. The summed E-state index contributed by atoms with van der Waals surface area (Å²) in [7, 11) is 0. The molecule has 3 nitrogen and oxygen atoms in total. The molecule has 100 valence electrons. The Labute approximate surface area is 107 Å². The molecule has 1 atom stereocenters. The van der Waals surface area contributed by atoms with E-state index >= 15 is 0 Å². The van der Waals surface area contributed by atoms with Gasteiger partial charge in [0.15, 0.2) is 0 Å². The molecule has 0 radical (unpaired) electrons. The van der Waals surface area contributed by atoms with E-state index in [1.165, 1.54) is 12.1 Å². The third-order valence-corrected chi connectivity index (χ3v) is 2.81. The van der Waals surface area contributed by atoms with Crippen LogP contribution in [0, 0.1) is 5.82 Å². The zero-order chi connectivity index (χ0) is 13.5. The van der Waals surface area contributed by atoms with E-state index in [0.29, 0.717) is 5.75 Å². The summed E-state index contributed by atoms with van der Waals surface area (Å²) < 4.78 is 18.9. The van der Waals surface area contributed by atoms with Gasteiger partial charge in [0, 0.05) is 0 Å². The molecular weight excluding hydrogens is 235 g/mol. The van der Waals surface area contributed by atoms with E-state index in [1.54, 1.807) is 0 Å². The van der Waals surface area contributed by atoms with Crippen LogP contribution in [0.5, 0.6) is 5.75 Å². The molecular formula is C14H19FO3. The van der Waals surface area contributed by atoms with Gasteiger partial charge < -0.3 is 9.84 Å². The molecule has 0 fully saturated rings. The van der Waals surface area contributed by atoms with Crippen molar-refractivity contribution < 1.29 is 19.0 Å². The predicted octanol–water partition coefficient (Wildman–Crippen LogP) is 3.87. The molecule has 0 spiro atoms. The molecule has 0 saturated carbocycles. The number of carboxylic acids is 1. The molecule has 1 aromatic rings. The van der Waals surface area contributed by atoms with E-state index < -0.39 is 11.8 Å². The maximum absolute atomic E-state index is 13.2. The van der Waals surface area contributed by atoms with Crippen LogP contribution in [0.4, 0.5) is 4.39 Å². The number of benzene rings is 1. The lowest BCUT2D eigenvalue weighted by Gasteiger charge is -2.17. The van der Waals surface area contributed by atoms with Crippen LogP contribution >= 0.6 is 0 Å². The Hall–Kier alpha value is -1.58. The summed E-state index contributed by atoms with van der Waals surface area (Å²) in [5, 5.41) is 8.83. The van der Waals surface area contributed by atoms with E-state index in [-0.39, 0.29) is 11.7 Å². The van der Waals surface area contributed by atoms with Crippen LogP contribution in [0.15, 0.2) is 18.2 Å². The molecule has 4 heteroatoms. The Balaban J connectivity index is 2.77. The van der Waals surface area contributed by atoms with Crippen molar-refractivity contribution in [1.82, 2.24) is 0 Å². The fourth-order valence-corrected chi connectivity index (χ4v) is 1.71. The standard InChI is InChI=1S/C14H19FO3/c1-3-5-6-10(4-2)18-11-7-8-13(15)12(9-11)14(16)17/h7-10H,3-6H2,1-2H3,(H,16,17)/t10-/m1/s1. The molecule has 0 heterocycles. The second kappa shape index (κ2) is 6.99. The molecule has 0 bridgehead atoms. The number of carbonyl (C=O) groups is 1. The fourth-order valence-electron chi connectivity index (χ4n) is 1.71. The van der Waals surface area contributed by atoms with Crippen molar-refractivity contribution in [2.75, 3.05) is 0 Å². The fraction of sp³-hybridized carbons (Fsp3) is 0.500. The van der Waals surface area contributed by atoms with Crippen molar-refractivity contribution in [3.05, 3.63) is 29.6 Å². The molecule has 18 heavy (non-hydrogen) atoms. The number of carboxylic acid groups (broad SMARTS) is 1. The summed E-state index contributed by atoms with van der Waals surface area (Å²) in [6, 6.07) is 3.84. The van der Waals surface area contributed by atoms with Crippen LogP contribution in [0.3, 0.4) is 0 Å². The third kappa shape index (κ3) is 4.02. The molecule has 1 N–H and O–H groups in total. The number of hydrogen-bond acceptors (Lipinski definition) is 2. The number of rotatable bonds is 7. The first-order valence-electron chi connectivity index (χ1n) is 6.28. The Morgan fingerprint density at radius 1 is 1.44 bits per heavy atom. The SMILES string of the molecule is CCCC[C@@H](CC)Oc1ccc(F)c(C(=O)O)c1. The molecule has 0 aliphatic rings. The number of hydrogen-bond donors (Lipinski definition) is 1. The second-order valence-corrected chi connectivity index (χ2v) is 4.24. The zero-order valence-electron chi connectivity index (χ0n) is 10.8. The van der Waals surface area contributed by atoms with E-state index in [4.69, 9.17) is 9.84 Å². The van der Waals surface area contributed by atoms with Gasteiger partial charge in [0.2, 0.25) is 0 Å². The van der Waals surface area contributed by atoms with E-state index in [0.717, 1.165) is 31.7 Å². The van der Waals surface area contributed by atoms with Gasteiger partial charge in [-0.3, -0.25) is 0 Å². The number of aromatic carboxylic acids is 1. The normalized spacial score (nSPS) is 12.2. The van der Waals surface area contributed by atoms with Gasteiger partial charge in [-0.1, -0.05) is 26.7 Å². The average Bonchev–Trinajstić information content (AvgIpc) is 2.36. The first-order valence-corrected chi connectivity index (χ1v) is 6.28. The second-order valence-electron chi connectivity index (χ2n) is 4.24. The predicted molar refractivity (Wildman–Crippen MR) is 67.6 cm³/mol. The van der Waals surface area contributed by atoms with Gasteiger partial charge in [-0.15, -0.1) is 0 Å². The minimum atomic E-state index is -1.28. The Kier molecular flexibility index (Phi) is 5.62. The van der Waals surface area contributed by atoms with Crippen molar-refractivity contribution in [1.29, 1.82) is 0 Å². The van der Waals surface area contributed by atoms with Gasteiger partial charge in [0.25, 0.3) is 0 Å². The third-order valence-electron chi connectivity index (χ3n) is 2.81. The number of ether oxygens (including phenoxy) is 1. The van der Waals surface area contributed by atoms with Crippen molar-refractivity contribution in [2.45, 2.75) is 45.6 Å². The van der Waals surface area contributed by atoms with Crippen LogP contribution in [0.1, 0.15) is 49.9 Å². The zero-order valence-corrected chi connectivity index (χ0v) is 10.8. The molecule has 0 aliphatic heterocycles. The highest BCUT2D eigenvalue weighted by atomic mass is 19.1. The summed E-state index contributed by atoms with van der Waals surface area (Å²) in [5.74, 6) is -1.60. The van der Waals surface area contributed by atoms with Crippen LogP contribution in [-0.4, -0.2) is 17.2 Å². The smallest absolute Gasteiger partial charge is 0.338 e. The highest BCUT2D eigenvalue weighted by Gasteiger charge is 2.13. The Morgan fingerprint density at radius 3 is 2.72 bits per heavy atom. The van der Waals surface area contributed by atoms with Gasteiger partial charge in [0.1, 0.15) is 11.6 Å². The van der Waals surface area contributed by atoms with Crippen LogP contribution in [0.25, 0.3) is 0 Å². The lowest BCUT2D eigenvalue weighted by molar-refractivity contribution is 0.0690. The summed E-state index contributed by atoms with van der Waals surface area (Å²) >= 11 is 0. The average molecular weight is 254 g/mol. The lowest BCUT2D eigenvalue weighted by atomic mass is 10.1. The largest absolute Gasteiger partial charge is 0.490 e. The lowest BCUT2D eigenvalue weighted by Crippen LogP contribution is -2.15. The highest BCUT2D eigenvalue weighted by molar-refractivity contribution is 5.88. The summed E-state index contributed by atoms with van der Waals surface area (Å²) in [6.45, 7) is 4.12. The van der Waals surface area contributed by atoms with Crippen LogP contribution < -0.4 is 4.74 Å². The minimum absolute atomic E-state index is 0.0528. The maximum atomic E-state index is 13.2. The van der Waals surface area contributed by atoms with Crippen LogP contribution in [0.2, 0.25) is 0 Å². The minimum Gasteiger partial charge on any atom is -0.490 e. The first-order chi connectivity index (χ1) is 8.58. The summed E-state index contributed by atoms with van der Waals surface area (Å²) in [6.07, 6.45) is 3.97. The van der Waals surface area contributed by atoms with Crippen molar-refractivity contribution >= 4 is 5.97 Å². The molecule has 0 saturated heterocycles. The monoisotopic (exact) mass is 254 g/mol. The first kappa shape index (κ1) is 14.5. The molecule has 1 aromatic carbocycles. The van der Waals surface area contributed by atoms with Crippen molar-refractivity contribution in [3.8, 4) is 5.75 Å². The summed E-state index contributed by atoms with van der Waals surface area (Å²) in [4.78, 5) is 10.8. The molecule has 0 aliphatic carbocycles. The van der Waals surface area contributed by atoms with Crippen molar-refractivity contribution in [3.63, 3.8) is 0 Å². The number of unbranched alkanes of at least 4 members (excludes halogenated alkanes) is 1. The molecule has 0 unspecified atom stereocenters. The quantitative estimate of drug-likeness (QED) is 0.803. The van der Waals surface area contributed by atoms with Gasteiger partial charge in [-0.2, -0.15) is 0 Å². The summed E-state index contributed by atoms with van der Waals surface area (Å²) in [5.41, 5.74) is -0.349. The number of halogens is 1. The van der Waals surface area contributed by atoms with E-state index in [1.807, 2.05) is 6.92 Å². The molecule has 0 amide bonds. The van der Waals surface area contributed by atoms with E-state index in [9.17, 15) is 9.18 Å². The topological polar surface area (TPSA) is 46.5 Å². The van der Waals surface area contributed by atoms with Gasteiger partial charge in [-0.05, 0) is 31.0 Å².